The smallest absolute Gasteiger partial charge is 0.00104 e. The number of hydrogen-bond donors (Lipinski definition) is 0. The summed E-state index contributed by atoms with van der Waals surface area (Å²) in [6.45, 7) is 6.73. The van der Waals surface area contributed by atoms with Gasteiger partial charge in [0.25, 0.3) is 0 Å². The van der Waals surface area contributed by atoms with Crippen LogP contribution in [0.5, 0.6) is 0 Å². The fourth-order valence-electron chi connectivity index (χ4n) is 3.03. The van der Waals surface area contributed by atoms with E-state index in [2.05, 4.69) is 57.2 Å². The summed E-state index contributed by atoms with van der Waals surface area (Å²) in [4.78, 5) is 0. The molecule has 0 heteroatoms. The monoisotopic (exact) mass is 314 g/mol. The molecule has 0 aromatic heterocycles. The molecule has 130 valence electrons. The van der Waals surface area contributed by atoms with Gasteiger partial charge >= 0.3 is 0 Å². The Bertz CT molecular complexity index is 399. The molecule has 0 aliphatic carbocycles. The third-order valence-corrected chi connectivity index (χ3v) is 4.75. The second-order valence-electron chi connectivity index (χ2n) is 7.10. The summed E-state index contributed by atoms with van der Waals surface area (Å²) in [6.07, 6.45) is 20.2. The molecule has 1 rings (SSSR count). The molecule has 0 amide bonds. The van der Waals surface area contributed by atoms with Crippen LogP contribution in [0.15, 0.2) is 36.4 Å². The van der Waals surface area contributed by atoms with Crippen LogP contribution < -0.4 is 0 Å². The first-order valence-corrected chi connectivity index (χ1v) is 9.97. The summed E-state index contributed by atoms with van der Waals surface area (Å²) in [5.41, 5.74) is 2.77. The van der Waals surface area contributed by atoms with Crippen molar-refractivity contribution in [3.63, 3.8) is 0 Å². The largest absolute Gasteiger partial charge is 0.0879 e. The maximum atomic E-state index is 2.38. The topological polar surface area (TPSA) is 0 Å². The standard InChI is InChI=1S/C23H38/c1-4-5-6-7-8-9-10-11-12-13-14-15-16-22(3)23-19-17-21(2)18-20-23/h15-20,22H,4-14H2,1-3H3. The Balaban J connectivity index is 1.97. The van der Waals surface area contributed by atoms with E-state index in [1.54, 1.807) is 0 Å². The molecule has 0 aliphatic rings. The van der Waals surface area contributed by atoms with Crippen molar-refractivity contribution in [1.82, 2.24) is 0 Å². The summed E-state index contributed by atoms with van der Waals surface area (Å²) < 4.78 is 0. The fourth-order valence-corrected chi connectivity index (χ4v) is 3.03. The van der Waals surface area contributed by atoms with Crippen LogP contribution in [0.1, 0.15) is 102 Å². The van der Waals surface area contributed by atoms with Gasteiger partial charge in [-0.25, -0.2) is 0 Å². The number of allylic oxidation sites excluding steroid dienone is 2. The van der Waals surface area contributed by atoms with Gasteiger partial charge in [-0.3, -0.25) is 0 Å². The third-order valence-electron chi connectivity index (χ3n) is 4.75. The van der Waals surface area contributed by atoms with Gasteiger partial charge in [0.05, 0.1) is 0 Å². The molecule has 0 nitrogen and oxygen atoms in total. The molecule has 0 spiro atoms. The molecule has 1 aromatic rings. The number of aryl methyl sites for hydroxylation is 1. The first kappa shape index (κ1) is 20.0. The zero-order chi connectivity index (χ0) is 16.8. The summed E-state index contributed by atoms with van der Waals surface area (Å²) in [5, 5.41) is 0. The van der Waals surface area contributed by atoms with Crippen molar-refractivity contribution in [2.45, 2.75) is 97.3 Å². The average molecular weight is 315 g/mol. The van der Waals surface area contributed by atoms with Gasteiger partial charge in [0.1, 0.15) is 0 Å². The van der Waals surface area contributed by atoms with Crippen molar-refractivity contribution in [2.24, 2.45) is 0 Å². The zero-order valence-corrected chi connectivity index (χ0v) is 15.8. The van der Waals surface area contributed by atoms with Gasteiger partial charge in [0, 0.05) is 0 Å². The number of rotatable bonds is 13. The van der Waals surface area contributed by atoms with E-state index in [0.29, 0.717) is 5.92 Å². The van der Waals surface area contributed by atoms with E-state index in [-0.39, 0.29) is 0 Å². The van der Waals surface area contributed by atoms with Gasteiger partial charge in [-0.1, -0.05) is 114 Å². The summed E-state index contributed by atoms with van der Waals surface area (Å²) in [5.74, 6) is 0.540. The Morgan fingerprint density at radius 1 is 0.783 bits per heavy atom. The number of hydrogen-bond acceptors (Lipinski definition) is 0. The van der Waals surface area contributed by atoms with Crippen molar-refractivity contribution in [1.29, 1.82) is 0 Å². The van der Waals surface area contributed by atoms with Crippen molar-refractivity contribution in [3.8, 4) is 0 Å². The van der Waals surface area contributed by atoms with Crippen LogP contribution in [0.3, 0.4) is 0 Å². The lowest BCUT2D eigenvalue weighted by atomic mass is 9.99. The second kappa shape index (κ2) is 13.4. The van der Waals surface area contributed by atoms with Crippen LogP contribution in [-0.4, -0.2) is 0 Å². The van der Waals surface area contributed by atoms with Gasteiger partial charge in [0.15, 0.2) is 0 Å². The van der Waals surface area contributed by atoms with E-state index >= 15 is 0 Å². The van der Waals surface area contributed by atoms with E-state index < -0.39 is 0 Å². The molecule has 1 unspecified atom stereocenters. The van der Waals surface area contributed by atoms with Crippen LogP contribution >= 0.6 is 0 Å². The van der Waals surface area contributed by atoms with Crippen LogP contribution in [0.4, 0.5) is 0 Å². The van der Waals surface area contributed by atoms with Gasteiger partial charge in [-0.05, 0) is 31.2 Å². The Morgan fingerprint density at radius 3 is 1.87 bits per heavy atom. The Hall–Kier alpha value is -1.04. The minimum Gasteiger partial charge on any atom is -0.0879 e. The van der Waals surface area contributed by atoms with E-state index in [9.17, 15) is 0 Å². The molecule has 0 fully saturated rings. The molecule has 1 aromatic carbocycles. The lowest BCUT2D eigenvalue weighted by molar-refractivity contribution is 0.557. The molecule has 1 atom stereocenters. The maximum Gasteiger partial charge on any atom is -0.00104 e. The van der Waals surface area contributed by atoms with Crippen molar-refractivity contribution in [3.05, 3.63) is 47.5 Å². The van der Waals surface area contributed by atoms with Crippen LogP contribution in [0, 0.1) is 6.92 Å². The lowest BCUT2D eigenvalue weighted by Crippen LogP contribution is -1.88. The van der Waals surface area contributed by atoms with Crippen molar-refractivity contribution < 1.29 is 0 Å². The lowest BCUT2D eigenvalue weighted by Gasteiger charge is -2.07. The second-order valence-corrected chi connectivity index (χ2v) is 7.10. The predicted octanol–water partition coefficient (Wildman–Crippen LogP) is 7.97. The summed E-state index contributed by atoms with van der Waals surface area (Å²) in [6, 6.07) is 8.93. The highest BCUT2D eigenvalue weighted by Gasteiger charge is 1.99. The predicted molar refractivity (Wildman–Crippen MR) is 105 cm³/mol. The molecule has 0 saturated carbocycles. The number of unbranched alkanes of at least 4 members (excludes halogenated alkanes) is 10. The third kappa shape index (κ3) is 10.4. The molecular weight excluding hydrogens is 276 g/mol. The molecule has 0 bridgehead atoms. The maximum absolute atomic E-state index is 2.38. The van der Waals surface area contributed by atoms with Crippen LogP contribution in [0.25, 0.3) is 0 Å². The van der Waals surface area contributed by atoms with Crippen molar-refractivity contribution >= 4 is 0 Å². The minimum absolute atomic E-state index is 0.540. The average Bonchev–Trinajstić information content (AvgIpc) is 2.56. The first-order chi connectivity index (χ1) is 11.2. The van der Waals surface area contributed by atoms with Crippen LogP contribution in [0.2, 0.25) is 0 Å². The quantitative estimate of drug-likeness (QED) is 0.256. The van der Waals surface area contributed by atoms with Gasteiger partial charge < -0.3 is 0 Å². The highest BCUT2D eigenvalue weighted by atomic mass is 14.0. The SMILES string of the molecule is CCCCCCCCCCCCC=CC(C)c1ccc(C)cc1. The van der Waals surface area contributed by atoms with Crippen molar-refractivity contribution in [2.75, 3.05) is 0 Å². The minimum atomic E-state index is 0.540. The Labute approximate surface area is 145 Å². The summed E-state index contributed by atoms with van der Waals surface area (Å²) in [7, 11) is 0. The molecule has 0 saturated heterocycles. The van der Waals surface area contributed by atoms with Gasteiger partial charge in [-0.15, -0.1) is 0 Å². The van der Waals surface area contributed by atoms with E-state index in [0.717, 1.165) is 0 Å². The van der Waals surface area contributed by atoms with Crippen LogP contribution in [-0.2, 0) is 0 Å². The molecule has 0 aliphatic heterocycles. The summed E-state index contributed by atoms with van der Waals surface area (Å²) >= 11 is 0. The zero-order valence-electron chi connectivity index (χ0n) is 15.8. The molecule has 0 radical (unpaired) electrons. The van der Waals surface area contributed by atoms with Gasteiger partial charge in [-0.2, -0.15) is 0 Å². The highest BCUT2D eigenvalue weighted by molar-refractivity contribution is 5.26. The number of benzene rings is 1. The Morgan fingerprint density at radius 2 is 1.30 bits per heavy atom. The Kier molecular flexibility index (Phi) is 11.7. The van der Waals surface area contributed by atoms with E-state index in [4.69, 9.17) is 0 Å². The molecular formula is C23H38. The first-order valence-electron chi connectivity index (χ1n) is 9.97. The van der Waals surface area contributed by atoms with E-state index in [1.165, 1.54) is 81.8 Å². The normalized spacial score (nSPS) is 12.8. The highest BCUT2D eigenvalue weighted by Crippen LogP contribution is 2.18. The molecule has 0 heterocycles. The molecule has 0 N–H and O–H groups in total. The molecule has 23 heavy (non-hydrogen) atoms. The van der Waals surface area contributed by atoms with E-state index in [1.807, 2.05) is 0 Å². The van der Waals surface area contributed by atoms with Gasteiger partial charge in [0.2, 0.25) is 0 Å². The fraction of sp³-hybridized carbons (Fsp3) is 0.652.